The third-order valence-electron chi connectivity index (χ3n) is 7.08. The van der Waals surface area contributed by atoms with Crippen LogP contribution in [0, 0.1) is 11.8 Å². The Labute approximate surface area is 183 Å². The van der Waals surface area contributed by atoms with Crippen LogP contribution in [0.1, 0.15) is 43.7 Å². The molecular weight excluding hydrogens is 412 g/mol. The molecule has 7 nitrogen and oxygen atoms in total. The normalized spacial score (nSPS) is 25.5. The van der Waals surface area contributed by atoms with Crippen LogP contribution in [0.5, 0.6) is 0 Å². The molecule has 3 aromatic heterocycles. The smallest absolute Gasteiger partial charge is 0.214 e. The summed E-state index contributed by atoms with van der Waals surface area (Å²) in [6, 6.07) is 4.09. The minimum absolute atomic E-state index is 0.236. The number of sulfonamides is 1. The SMILES string of the molecule is COCC1CCN(S(=O)(=O)CC2CCC(c3[nH]ccc4cnc5nccc5c34)CC2)C1. The van der Waals surface area contributed by atoms with E-state index in [2.05, 4.69) is 21.0 Å². The molecule has 1 saturated heterocycles. The molecule has 1 N–H and O–H groups in total. The zero-order chi connectivity index (χ0) is 21.4. The number of H-pyrrole nitrogens is 1. The number of aromatic nitrogens is 3. The van der Waals surface area contributed by atoms with Gasteiger partial charge in [-0.1, -0.05) is 0 Å². The Kier molecular flexibility index (Phi) is 5.71. The fourth-order valence-electron chi connectivity index (χ4n) is 5.46. The Balaban J connectivity index is 1.28. The van der Waals surface area contributed by atoms with Crippen molar-refractivity contribution in [3.8, 4) is 0 Å². The van der Waals surface area contributed by atoms with Crippen LogP contribution >= 0.6 is 0 Å². The topological polar surface area (TPSA) is 88.2 Å². The number of fused-ring (bicyclic) bond motifs is 3. The Morgan fingerprint density at radius 1 is 1.13 bits per heavy atom. The van der Waals surface area contributed by atoms with E-state index < -0.39 is 10.0 Å². The van der Waals surface area contributed by atoms with Crippen LogP contribution in [0.25, 0.3) is 21.8 Å². The van der Waals surface area contributed by atoms with Gasteiger partial charge in [0.15, 0.2) is 5.65 Å². The van der Waals surface area contributed by atoms with Crippen molar-refractivity contribution in [1.82, 2.24) is 19.3 Å². The second-order valence-corrected chi connectivity index (χ2v) is 11.1. The first-order chi connectivity index (χ1) is 15.0. The highest BCUT2D eigenvalue weighted by atomic mass is 32.2. The highest BCUT2D eigenvalue weighted by Gasteiger charge is 2.34. The molecule has 1 unspecified atom stereocenters. The zero-order valence-electron chi connectivity index (χ0n) is 18.0. The second kappa shape index (κ2) is 8.48. The molecule has 0 bridgehead atoms. The number of hydrogen-bond acceptors (Lipinski definition) is 5. The van der Waals surface area contributed by atoms with Crippen molar-refractivity contribution >= 4 is 31.8 Å². The minimum atomic E-state index is -3.20. The maximum absolute atomic E-state index is 13.0. The van der Waals surface area contributed by atoms with Gasteiger partial charge >= 0.3 is 0 Å². The van der Waals surface area contributed by atoms with Crippen molar-refractivity contribution in [1.29, 1.82) is 0 Å². The summed E-state index contributed by atoms with van der Waals surface area (Å²) in [5.74, 6) is 1.25. The molecule has 1 aliphatic carbocycles. The molecule has 5 rings (SSSR count). The third-order valence-corrected chi connectivity index (χ3v) is 9.09. The minimum Gasteiger partial charge on any atom is -0.384 e. The Hall–Kier alpha value is -2.03. The quantitative estimate of drug-likeness (QED) is 0.629. The number of aromatic amines is 1. The van der Waals surface area contributed by atoms with E-state index in [4.69, 9.17) is 4.74 Å². The summed E-state index contributed by atoms with van der Waals surface area (Å²) >= 11 is 0. The van der Waals surface area contributed by atoms with Crippen molar-refractivity contribution in [2.45, 2.75) is 38.0 Å². The van der Waals surface area contributed by atoms with E-state index >= 15 is 0 Å². The third kappa shape index (κ3) is 4.08. The first kappa shape index (κ1) is 20.8. The molecule has 0 spiro atoms. The molecule has 1 atom stereocenters. The van der Waals surface area contributed by atoms with Crippen LogP contribution in [0.2, 0.25) is 0 Å². The molecule has 0 aromatic carbocycles. The largest absolute Gasteiger partial charge is 0.384 e. The summed E-state index contributed by atoms with van der Waals surface area (Å²) in [5, 5.41) is 3.43. The number of nitrogens with zero attached hydrogens (tertiary/aromatic N) is 3. The summed E-state index contributed by atoms with van der Waals surface area (Å²) in [4.78, 5) is 12.3. The maximum atomic E-state index is 13.0. The fraction of sp³-hybridized carbons (Fsp3) is 0.565. The Morgan fingerprint density at radius 3 is 2.77 bits per heavy atom. The van der Waals surface area contributed by atoms with Gasteiger partial charge in [0.25, 0.3) is 0 Å². The molecule has 31 heavy (non-hydrogen) atoms. The number of hydrogen-bond donors (Lipinski definition) is 1. The lowest BCUT2D eigenvalue weighted by Gasteiger charge is -2.30. The molecule has 8 heteroatoms. The van der Waals surface area contributed by atoms with Gasteiger partial charge in [-0.25, -0.2) is 22.7 Å². The highest BCUT2D eigenvalue weighted by Crippen LogP contribution is 2.40. The van der Waals surface area contributed by atoms with Crippen LogP contribution in [-0.4, -0.2) is 60.2 Å². The van der Waals surface area contributed by atoms with E-state index in [0.29, 0.717) is 31.5 Å². The number of pyridine rings is 2. The predicted molar refractivity (Wildman–Crippen MR) is 121 cm³/mol. The summed E-state index contributed by atoms with van der Waals surface area (Å²) in [6.07, 6.45) is 10.5. The average Bonchev–Trinajstić information content (AvgIpc) is 3.44. The first-order valence-corrected chi connectivity index (χ1v) is 12.8. The molecule has 0 radical (unpaired) electrons. The average molecular weight is 443 g/mol. The molecule has 0 amide bonds. The number of rotatable bonds is 6. The van der Waals surface area contributed by atoms with E-state index in [0.717, 1.165) is 48.5 Å². The maximum Gasteiger partial charge on any atom is 0.214 e. The lowest BCUT2D eigenvalue weighted by Crippen LogP contribution is -2.35. The molecule has 2 fully saturated rings. The zero-order valence-corrected chi connectivity index (χ0v) is 18.8. The van der Waals surface area contributed by atoms with Gasteiger partial charge < -0.3 is 9.72 Å². The van der Waals surface area contributed by atoms with Crippen LogP contribution in [0.15, 0.2) is 30.7 Å². The van der Waals surface area contributed by atoms with E-state index in [-0.39, 0.29) is 11.7 Å². The number of methoxy groups -OCH3 is 1. The lowest BCUT2D eigenvalue weighted by molar-refractivity contribution is 0.157. The molecule has 166 valence electrons. The van der Waals surface area contributed by atoms with Gasteiger partial charge in [-0.2, -0.15) is 0 Å². The Bertz CT molecular complexity index is 1170. The number of nitrogens with one attached hydrogen (secondary N) is 1. The van der Waals surface area contributed by atoms with Crippen molar-refractivity contribution in [2.24, 2.45) is 11.8 Å². The molecular formula is C23H30N4O3S. The van der Waals surface area contributed by atoms with Gasteiger partial charge in [0, 0.05) is 60.6 Å². The van der Waals surface area contributed by atoms with Gasteiger partial charge in [0.2, 0.25) is 10.0 Å². The van der Waals surface area contributed by atoms with Crippen LogP contribution in [-0.2, 0) is 14.8 Å². The van der Waals surface area contributed by atoms with E-state index in [1.54, 1.807) is 11.4 Å². The van der Waals surface area contributed by atoms with Gasteiger partial charge in [-0.3, -0.25) is 0 Å². The van der Waals surface area contributed by atoms with Crippen LogP contribution in [0.4, 0.5) is 0 Å². The first-order valence-electron chi connectivity index (χ1n) is 11.2. The van der Waals surface area contributed by atoms with Gasteiger partial charge in [0.1, 0.15) is 0 Å². The predicted octanol–water partition coefficient (Wildman–Crippen LogP) is 3.68. The summed E-state index contributed by atoms with van der Waals surface area (Å²) < 4.78 is 32.8. The summed E-state index contributed by atoms with van der Waals surface area (Å²) in [6.45, 7) is 1.88. The lowest BCUT2D eigenvalue weighted by atomic mass is 9.80. The van der Waals surface area contributed by atoms with Crippen molar-refractivity contribution < 1.29 is 13.2 Å². The Morgan fingerprint density at radius 2 is 1.97 bits per heavy atom. The standard InChI is InChI=1S/C23H30N4O3S/c1-30-14-17-8-11-27(13-17)31(28,29)15-16-2-4-18(5-3-16)22-21-19(6-9-24-22)12-26-23-20(21)7-10-25-23/h6-7,9-10,12,16-18,24H,2-5,8,11,13-15H2,1H3. The molecule has 2 aliphatic rings. The highest BCUT2D eigenvalue weighted by molar-refractivity contribution is 7.89. The number of ether oxygens (including phenoxy) is 1. The summed E-state index contributed by atoms with van der Waals surface area (Å²) in [7, 11) is -1.52. The second-order valence-electron chi connectivity index (χ2n) is 9.13. The van der Waals surface area contributed by atoms with Gasteiger partial charge in [-0.15, -0.1) is 0 Å². The van der Waals surface area contributed by atoms with Crippen LogP contribution < -0.4 is 0 Å². The monoisotopic (exact) mass is 442 g/mol. The molecule has 4 heterocycles. The van der Waals surface area contributed by atoms with Crippen LogP contribution in [0.3, 0.4) is 0 Å². The van der Waals surface area contributed by atoms with Gasteiger partial charge in [-0.05, 0) is 62.0 Å². The molecule has 1 saturated carbocycles. The summed E-state index contributed by atoms with van der Waals surface area (Å²) in [5.41, 5.74) is 2.02. The van der Waals surface area contributed by atoms with Gasteiger partial charge in [0.05, 0.1) is 12.4 Å². The molecule has 1 aliphatic heterocycles. The van der Waals surface area contributed by atoms with Crippen molar-refractivity contribution in [3.63, 3.8) is 0 Å². The van der Waals surface area contributed by atoms with Crippen molar-refractivity contribution in [2.75, 3.05) is 32.6 Å². The van der Waals surface area contributed by atoms with E-state index in [9.17, 15) is 8.42 Å². The fourth-order valence-corrected chi connectivity index (χ4v) is 7.42. The molecule has 3 aromatic rings. The van der Waals surface area contributed by atoms with E-state index in [1.807, 2.05) is 24.7 Å². The van der Waals surface area contributed by atoms with Crippen molar-refractivity contribution in [3.05, 3.63) is 36.4 Å². The van der Waals surface area contributed by atoms with E-state index in [1.165, 1.54) is 11.1 Å².